The van der Waals surface area contributed by atoms with Crippen LogP contribution in [0.1, 0.15) is 5.69 Å². The first kappa shape index (κ1) is 12.0. The maximum absolute atomic E-state index is 11.3. The van der Waals surface area contributed by atoms with E-state index in [4.69, 9.17) is 10.5 Å². The number of allylic oxidation sites excluding steroid dienone is 1. The summed E-state index contributed by atoms with van der Waals surface area (Å²) in [6.45, 7) is 0. The molecule has 0 atom stereocenters. The lowest BCUT2D eigenvalue weighted by molar-refractivity contribution is 0.591. The van der Waals surface area contributed by atoms with E-state index in [1.54, 1.807) is 25.3 Å². The van der Waals surface area contributed by atoms with E-state index in [0.29, 0.717) is 5.69 Å². The molecule has 0 aliphatic rings. The van der Waals surface area contributed by atoms with Gasteiger partial charge in [-0.3, -0.25) is 0 Å². The summed E-state index contributed by atoms with van der Waals surface area (Å²) in [7, 11) is -1.73. The van der Waals surface area contributed by atoms with Crippen molar-refractivity contribution in [3.8, 4) is 12.1 Å². The Balaban J connectivity index is 3.34. The summed E-state index contributed by atoms with van der Waals surface area (Å²) in [6, 6.07) is 6.41. The number of hydrogen-bond acceptors (Lipinski definition) is 4. The lowest BCUT2D eigenvalue weighted by Crippen LogP contribution is -2.05. The molecule has 0 aliphatic heterocycles. The van der Waals surface area contributed by atoms with Crippen LogP contribution in [0, 0.1) is 22.7 Å². The Morgan fingerprint density at radius 3 is 2.31 bits per heavy atom. The summed E-state index contributed by atoms with van der Waals surface area (Å²) < 4.78 is 24.1. The van der Waals surface area contributed by atoms with Crippen molar-refractivity contribution < 1.29 is 8.42 Å². The molecule has 0 fully saturated rings. The summed E-state index contributed by atoms with van der Waals surface area (Å²) >= 11 is 0. The summed E-state index contributed by atoms with van der Waals surface area (Å²) in [5.74, 6) is 0. The van der Waals surface area contributed by atoms with Crippen LogP contribution in [-0.4, -0.2) is 19.2 Å². The molecule has 1 rings (SSSR count). The second-order valence-electron chi connectivity index (χ2n) is 3.21. The van der Waals surface area contributed by atoms with Crippen LogP contribution in [0.2, 0.25) is 0 Å². The molecule has 0 bridgehead atoms. The molecule has 1 aromatic rings. The van der Waals surface area contributed by atoms with Crippen molar-refractivity contribution in [2.45, 2.75) is 5.03 Å². The molecule has 0 aromatic carbocycles. The van der Waals surface area contributed by atoms with Crippen LogP contribution in [0.15, 0.2) is 22.7 Å². The lowest BCUT2D eigenvalue weighted by atomic mass is 10.2. The normalized spacial score (nSPS) is 10.2. The van der Waals surface area contributed by atoms with Crippen molar-refractivity contribution in [3.05, 3.63) is 23.4 Å². The molecular weight excluding hydrogens is 226 g/mol. The van der Waals surface area contributed by atoms with Gasteiger partial charge >= 0.3 is 0 Å². The third-order valence-electron chi connectivity index (χ3n) is 2.03. The Kier molecular flexibility index (Phi) is 3.17. The van der Waals surface area contributed by atoms with Crippen molar-refractivity contribution in [2.75, 3.05) is 6.26 Å². The van der Waals surface area contributed by atoms with Gasteiger partial charge in [-0.2, -0.15) is 10.5 Å². The first-order chi connectivity index (χ1) is 7.40. The van der Waals surface area contributed by atoms with Gasteiger partial charge in [-0.05, 0) is 18.2 Å². The Bertz CT molecular complexity index is 608. The number of hydrogen-bond donors (Lipinski definition) is 0. The zero-order chi connectivity index (χ0) is 12.3. The van der Waals surface area contributed by atoms with Crippen LogP contribution in [0.4, 0.5) is 0 Å². The molecule has 82 valence electrons. The number of sulfone groups is 1. The monoisotopic (exact) mass is 235 g/mol. The molecular formula is C10H9N3O2S. The molecule has 0 saturated carbocycles. The van der Waals surface area contributed by atoms with E-state index in [1.165, 1.54) is 16.7 Å². The highest BCUT2D eigenvalue weighted by Gasteiger charge is 2.13. The Labute approximate surface area is 93.8 Å². The van der Waals surface area contributed by atoms with Gasteiger partial charge in [0.2, 0.25) is 0 Å². The van der Waals surface area contributed by atoms with Crippen LogP contribution in [-0.2, 0) is 16.9 Å². The summed E-state index contributed by atoms with van der Waals surface area (Å²) in [6.07, 6.45) is 2.44. The average molecular weight is 235 g/mol. The van der Waals surface area contributed by atoms with Gasteiger partial charge in [0.15, 0.2) is 9.84 Å². The van der Waals surface area contributed by atoms with E-state index in [-0.39, 0.29) is 10.6 Å². The highest BCUT2D eigenvalue weighted by molar-refractivity contribution is 7.90. The average Bonchev–Trinajstić information content (AvgIpc) is 2.56. The molecule has 5 nitrogen and oxygen atoms in total. The number of nitriles is 2. The summed E-state index contributed by atoms with van der Waals surface area (Å²) in [5.41, 5.74) is 0.430. The maximum Gasteiger partial charge on any atom is 0.190 e. The zero-order valence-electron chi connectivity index (χ0n) is 8.80. The lowest BCUT2D eigenvalue weighted by Gasteiger charge is -2.02. The standard InChI is InChI=1S/C10H9N3O2S/c1-13-9(5-8(6-11)7-12)3-4-10(13)16(2,14)15/h3-5H,1-2H3. The van der Waals surface area contributed by atoms with E-state index in [9.17, 15) is 8.42 Å². The number of aromatic nitrogens is 1. The fourth-order valence-electron chi connectivity index (χ4n) is 1.26. The molecule has 6 heteroatoms. The molecule has 16 heavy (non-hydrogen) atoms. The minimum atomic E-state index is -3.29. The van der Waals surface area contributed by atoms with E-state index in [1.807, 2.05) is 0 Å². The van der Waals surface area contributed by atoms with Crippen LogP contribution < -0.4 is 0 Å². The van der Waals surface area contributed by atoms with Crippen molar-refractivity contribution in [2.24, 2.45) is 7.05 Å². The molecule has 0 amide bonds. The van der Waals surface area contributed by atoms with E-state index < -0.39 is 9.84 Å². The van der Waals surface area contributed by atoms with Crippen LogP contribution in [0.5, 0.6) is 0 Å². The Morgan fingerprint density at radius 2 is 1.94 bits per heavy atom. The molecule has 0 saturated heterocycles. The SMILES string of the molecule is Cn1c(C=C(C#N)C#N)ccc1S(C)(=O)=O. The van der Waals surface area contributed by atoms with Gasteiger partial charge in [-0.1, -0.05) is 0 Å². The minimum Gasteiger partial charge on any atom is -0.335 e. The molecule has 0 N–H and O–H groups in total. The molecule has 0 radical (unpaired) electrons. The first-order valence-electron chi connectivity index (χ1n) is 4.28. The van der Waals surface area contributed by atoms with Gasteiger partial charge in [0.05, 0.1) is 0 Å². The zero-order valence-corrected chi connectivity index (χ0v) is 9.61. The third kappa shape index (κ3) is 2.30. The van der Waals surface area contributed by atoms with Gasteiger partial charge in [0, 0.05) is 19.0 Å². The van der Waals surface area contributed by atoms with Gasteiger partial charge in [0.1, 0.15) is 22.7 Å². The van der Waals surface area contributed by atoms with Gasteiger partial charge in [-0.25, -0.2) is 8.42 Å². The predicted octanol–water partition coefficient (Wildman–Crippen LogP) is 0.859. The Morgan fingerprint density at radius 1 is 1.38 bits per heavy atom. The minimum absolute atomic E-state index is 0.0683. The smallest absolute Gasteiger partial charge is 0.190 e. The topological polar surface area (TPSA) is 86.7 Å². The second-order valence-corrected chi connectivity index (χ2v) is 5.17. The molecule has 0 aliphatic carbocycles. The molecule has 1 heterocycles. The van der Waals surface area contributed by atoms with E-state index in [0.717, 1.165) is 6.26 Å². The maximum atomic E-state index is 11.3. The van der Waals surface area contributed by atoms with Crippen LogP contribution >= 0.6 is 0 Å². The summed E-state index contributed by atoms with van der Waals surface area (Å²) in [4.78, 5) is 0. The Hall–Kier alpha value is -2.05. The van der Waals surface area contributed by atoms with Crippen molar-refractivity contribution >= 4 is 15.9 Å². The van der Waals surface area contributed by atoms with Crippen molar-refractivity contribution in [1.29, 1.82) is 10.5 Å². The highest BCUT2D eigenvalue weighted by atomic mass is 32.2. The fraction of sp³-hybridized carbons (Fsp3) is 0.200. The first-order valence-corrected chi connectivity index (χ1v) is 6.17. The van der Waals surface area contributed by atoms with Crippen molar-refractivity contribution in [1.82, 2.24) is 4.57 Å². The quantitative estimate of drug-likeness (QED) is 0.711. The molecule has 0 spiro atoms. The number of rotatable bonds is 2. The number of nitrogens with zero attached hydrogens (tertiary/aromatic N) is 3. The van der Waals surface area contributed by atoms with Crippen LogP contribution in [0.3, 0.4) is 0 Å². The van der Waals surface area contributed by atoms with Gasteiger partial charge in [-0.15, -0.1) is 0 Å². The predicted molar refractivity (Wildman–Crippen MR) is 57.7 cm³/mol. The van der Waals surface area contributed by atoms with Crippen molar-refractivity contribution in [3.63, 3.8) is 0 Å². The molecule has 0 unspecified atom stereocenters. The van der Waals surface area contributed by atoms with E-state index in [2.05, 4.69) is 0 Å². The molecule has 1 aromatic heterocycles. The summed E-state index contributed by atoms with van der Waals surface area (Å²) in [5, 5.41) is 17.3. The van der Waals surface area contributed by atoms with Crippen LogP contribution in [0.25, 0.3) is 6.08 Å². The fourth-order valence-corrected chi connectivity index (χ4v) is 2.18. The largest absolute Gasteiger partial charge is 0.335 e. The second kappa shape index (κ2) is 4.21. The van der Waals surface area contributed by atoms with Gasteiger partial charge in [0.25, 0.3) is 0 Å². The van der Waals surface area contributed by atoms with E-state index >= 15 is 0 Å². The van der Waals surface area contributed by atoms with Gasteiger partial charge < -0.3 is 4.57 Å². The highest BCUT2D eigenvalue weighted by Crippen LogP contribution is 2.15. The third-order valence-corrected chi connectivity index (χ3v) is 3.20.